The number of nitrogens with one attached hydrogen (secondary N) is 1. The molecular formula is C10H12BrClN4O2. The Balaban J connectivity index is 2.33. The molecule has 1 aromatic rings. The Bertz CT molecular complexity index is 460. The molecule has 0 spiro atoms. The van der Waals surface area contributed by atoms with Crippen molar-refractivity contribution in [1.82, 2.24) is 15.3 Å². The third-order valence-corrected chi connectivity index (χ3v) is 3.39. The molecule has 0 radical (unpaired) electrons. The molecule has 0 aliphatic carbocycles. The summed E-state index contributed by atoms with van der Waals surface area (Å²) in [6.07, 6.45) is 1.57. The number of hydrogen-bond donors (Lipinski definition) is 1. The lowest BCUT2D eigenvalue weighted by atomic mass is 10.2. The molecule has 0 aromatic carbocycles. The molecule has 1 atom stereocenters. The third-order valence-electron chi connectivity index (χ3n) is 2.65. The fourth-order valence-corrected chi connectivity index (χ4v) is 2.33. The molecule has 1 fully saturated rings. The van der Waals surface area contributed by atoms with Crippen LogP contribution in [0.1, 0.15) is 0 Å². The van der Waals surface area contributed by atoms with Crippen LogP contribution in [0, 0.1) is 0 Å². The molecule has 2 rings (SSSR count). The molecule has 0 saturated carbocycles. The zero-order valence-corrected chi connectivity index (χ0v) is 12.0. The van der Waals surface area contributed by atoms with Crippen molar-refractivity contribution in [3.8, 4) is 0 Å². The van der Waals surface area contributed by atoms with E-state index in [2.05, 4.69) is 31.2 Å². The first-order chi connectivity index (χ1) is 8.63. The number of rotatable bonds is 2. The van der Waals surface area contributed by atoms with E-state index in [1.807, 2.05) is 4.90 Å². The number of morpholine rings is 1. The topological polar surface area (TPSA) is 67.3 Å². The fourth-order valence-electron chi connectivity index (χ4n) is 1.78. The Labute approximate surface area is 118 Å². The maximum absolute atomic E-state index is 11.8. The fraction of sp³-hybridized carbons (Fsp3) is 0.500. The van der Waals surface area contributed by atoms with E-state index in [0.717, 1.165) is 0 Å². The van der Waals surface area contributed by atoms with Gasteiger partial charge in [0, 0.05) is 19.8 Å². The Morgan fingerprint density at radius 1 is 1.72 bits per heavy atom. The monoisotopic (exact) mass is 334 g/mol. The molecule has 1 aromatic heterocycles. The number of aromatic nitrogens is 2. The highest BCUT2D eigenvalue weighted by Gasteiger charge is 2.31. The maximum atomic E-state index is 11.8. The highest BCUT2D eigenvalue weighted by atomic mass is 79.9. The van der Waals surface area contributed by atoms with Crippen LogP contribution in [0.3, 0.4) is 0 Å². The largest absolute Gasteiger partial charge is 0.377 e. The zero-order valence-electron chi connectivity index (χ0n) is 9.69. The van der Waals surface area contributed by atoms with Crippen LogP contribution in [0.4, 0.5) is 5.82 Å². The standard InChI is InChI=1S/C10H12BrClN4O2/c1-13-9(17)7-5-18-3-2-16(7)8-6(11)4-14-10(12)15-8/h4,7H,2-3,5H2,1H3,(H,13,17). The second-order valence-corrected chi connectivity index (χ2v) is 4.90. The summed E-state index contributed by atoms with van der Waals surface area (Å²) in [6.45, 7) is 1.44. The van der Waals surface area contributed by atoms with Gasteiger partial charge in [-0.15, -0.1) is 0 Å². The van der Waals surface area contributed by atoms with Crippen LogP contribution in [-0.4, -0.2) is 48.7 Å². The van der Waals surface area contributed by atoms with E-state index < -0.39 is 6.04 Å². The molecule has 0 bridgehead atoms. The van der Waals surface area contributed by atoms with Gasteiger partial charge < -0.3 is 15.0 Å². The molecule has 6 nitrogen and oxygen atoms in total. The molecular weight excluding hydrogens is 323 g/mol. The number of carbonyl (C=O) groups is 1. The number of likely N-dealkylation sites (N-methyl/N-ethyl adjacent to an activating group) is 1. The van der Waals surface area contributed by atoms with Gasteiger partial charge in [0.25, 0.3) is 0 Å². The minimum atomic E-state index is -0.411. The van der Waals surface area contributed by atoms with Crippen molar-refractivity contribution in [2.75, 3.05) is 31.7 Å². The summed E-state index contributed by atoms with van der Waals surface area (Å²) in [7, 11) is 1.59. The summed E-state index contributed by atoms with van der Waals surface area (Å²) in [6, 6.07) is -0.411. The SMILES string of the molecule is CNC(=O)C1COCCN1c1nc(Cl)ncc1Br. The molecule has 1 aliphatic rings. The molecule has 98 valence electrons. The number of halogens is 2. The van der Waals surface area contributed by atoms with Crippen LogP contribution in [0.5, 0.6) is 0 Å². The lowest BCUT2D eigenvalue weighted by molar-refractivity contribution is -0.124. The Morgan fingerprint density at radius 3 is 3.22 bits per heavy atom. The Morgan fingerprint density at radius 2 is 2.50 bits per heavy atom. The maximum Gasteiger partial charge on any atom is 0.244 e. The number of nitrogens with zero attached hydrogens (tertiary/aromatic N) is 3. The van der Waals surface area contributed by atoms with Crippen molar-refractivity contribution >= 4 is 39.3 Å². The van der Waals surface area contributed by atoms with Crippen molar-refractivity contribution in [1.29, 1.82) is 0 Å². The Kier molecular flexibility index (Phi) is 4.36. The van der Waals surface area contributed by atoms with Crippen LogP contribution >= 0.6 is 27.5 Å². The number of hydrogen-bond acceptors (Lipinski definition) is 5. The van der Waals surface area contributed by atoms with E-state index in [4.69, 9.17) is 16.3 Å². The van der Waals surface area contributed by atoms with Crippen molar-refractivity contribution in [3.63, 3.8) is 0 Å². The van der Waals surface area contributed by atoms with Crippen molar-refractivity contribution < 1.29 is 9.53 Å². The predicted molar refractivity (Wildman–Crippen MR) is 70.8 cm³/mol. The number of anilines is 1. The van der Waals surface area contributed by atoms with Crippen LogP contribution in [-0.2, 0) is 9.53 Å². The van der Waals surface area contributed by atoms with Gasteiger partial charge in [-0.3, -0.25) is 4.79 Å². The molecule has 8 heteroatoms. The third kappa shape index (κ3) is 2.73. The highest BCUT2D eigenvalue weighted by Crippen LogP contribution is 2.27. The van der Waals surface area contributed by atoms with Gasteiger partial charge >= 0.3 is 0 Å². The van der Waals surface area contributed by atoms with E-state index in [1.165, 1.54) is 0 Å². The normalized spacial score (nSPS) is 19.7. The van der Waals surface area contributed by atoms with E-state index in [1.54, 1.807) is 13.2 Å². The van der Waals surface area contributed by atoms with Gasteiger partial charge in [-0.25, -0.2) is 4.98 Å². The van der Waals surface area contributed by atoms with Gasteiger partial charge in [0.1, 0.15) is 11.9 Å². The number of ether oxygens (including phenoxy) is 1. The van der Waals surface area contributed by atoms with Gasteiger partial charge in [-0.1, -0.05) is 0 Å². The van der Waals surface area contributed by atoms with Gasteiger partial charge in [0.2, 0.25) is 11.2 Å². The van der Waals surface area contributed by atoms with E-state index in [9.17, 15) is 4.79 Å². The summed E-state index contributed by atoms with van der Waals surface area (Å²) >= 11 is 9.16. The smallest absolute Gasteiger partial charge is 0.244 e. The zero-order chi connectivity index (χ0) is 13.1. The second-order valence-electron chi connectivity index (χ2n) is 3.71. The quantitative estimate of drug-likeness (QED) is 0.812. The van der Waals surface area contributed by atoms with Crippen LogP contribution in [0.2, 0.25) is 5.28 Å². The second kappa shape index (κ2) is 5.81. The predicted octanol–water partition coefficient (Wildman–Crippen LogP) is 0.844. The minimum absolute atomic E-state index is 0.115. The molecule has 1 aliphatic heterocycles. The van der Waals surface area contributed by atoms with E-state index in [-0.39, 0.29) is 11.2 Å². The van der Waals surface area contributed by atoms with Crippen molar-refractivity contribution in [3.05, 3.63) is 16.0 Å². The summed E-state index contributed by atoms with van der Waals surface area (Å²) in [5, 5.41) is 2.76. The average molecular weight is 336 g/mol. The van der Waals surface area contributed by atoms with E-state index >= 15 is 0 Å². The first-order valence-electron chi connectivity index (χ1n) is 5.37. The molecule has 1 N–H and O–H groups in total. The Hall–Kier alpha value is -0.920. The molecule has 1 saturated heterocycles. The molecule has 1 unspecified atom stereocenters. The van der Waals surface area contributed by atoms with Crippen LogP contribution < -0.4 is 10.2 Å². The number of carbonyl (C=O) groups excluding carboxylic acids is 1. The van der Waals surface area contributed by atoms with Crippen LogP contribution in [0.15, 0.2) is 10.7 Å². The van der Waals surface area contributed by atoms with E-state index in [0.29, 0.717) is 30.0 Å². The molecule has 2 heterocycles. The summed E-state index contributed by atoms with van der Waals surface area (Å²) < 4.78 is 6.03. The van der Waals surface area contributed by atoms with Gasteiger partial charge in [0.15, 0.2) is 0 Å². The van der Waals surface area contributed by atoms with Crippen molar-refractivity contribution in [2.24, 2.45) is 0 Å². The molecule has 18 heavy (non-hydrogen) atoms. The highest BCUT2D eigenvalue weighted by molar-refractivity contribution is 9.10. The van der Waals surface area contributed by atoms with Gasteiger partial charge in [-0.2, -0.15) is 4.98 Å². The first kappa shape index (κ1) is 13.5. The summed E-state index contributed by atoms with van der Waals surface area (Å²) in [5.74, 6) is 0.489. The summed E-state index contributed by atoms with van der Waals surface area (Å²) in [4.78, 5) is 21.7. The summed E-state index contributed by atoms with van der Waals surface area (Å²) in [5.41, 5.74) is 0. The lowest BCUT2D eigenvalue weighted by Crippen LogP contribution is -2.53. The lowest BCUT2D eigenvalue weighted by Gasteiger charge is -2.35. The van der Waals surface area contributed by atoms with Gasteiger partial charge in [-0.05, 0) is 27.5 Å². The number of amides is 1. The average Bonchev–Trinajstić information content (AvgIpc) is 2.40. The van der Waals surface area contributed by atoms with Crippen molar-refractivity contribution in [2.45, 2.75) is 6.04 Å². The first-order valence-corrected chi connectivity index (χ1v) is 6.54. The van der Waals surface area contributed by atoms with Gasteiger partial charge in [0.05, 0.1) is 17.7 Å². The molecule has 1 amide bonds. The van der Waals surface area contributed by atoms with Crippen LogP contribution in [0.25, 0.3) is 0 Å². The minimum Gasteiger partial charge on any atom is -0.377 e.